The van der Waals surface area contributed by atoms with Gasteiger partial charge < -0.3 is 39.4 Å². The van der Waals surface area contributed by atoms with Gasteiger partial charge in [-0.3, -0.25) is 4.79 Å². The van der Waals surface area contributed by atoms with E-state index in [-0.39, 0.29) is 19.2 Å². The van der Waals surface area contributed by atoms with E-state index < -0.39 is 43.4 Å². The van der Waals surface area contributed by atoms with E-state index in [4.69, 9.17) is 18.9 Å². The molecule has 0 amide bonds. The summed E-state index contributed by atoms with van der Waals surface area (Å²) in [4.78, 5) is 12.8. The van der Waals surface area contributed by atoms with Crippen LogP contribution in [0.3, 0.4) is 0 Å². The van der Waals surface area contributed by atoms with Crippen LogP contribution in [0.4, 0.5) is 0 Å². The van der Waals surface area contributed by atoms with Crippen LogP contribution >= 0.6 is 0 Å². The Labute approximate surface area is 378 Å². The van der Waals surface area contributed by atoms with E-state index >= 15 is 0 Å². The van der Waals surface area contributed by atoms with Crippen LogP contribution < -0.4 is 0 Å². The summed E-state index contributed by atoms with van der Waals surface area (Å²) in [6.07, 6.45) is 51.8. The van der Waals surface area contributed by atoms with Gasteiger partial charge in [-0.1, -0.05) is 170 Å². The van der Waals surface area contributed by atoms with Crippen molar-refractivity contribution in [1.82, 2.24) is 0 Å². The van der Waals surface area contributed by atoms with E-state index in [1.54, 1.807) is 0 Å². The van der Waals surface area contributed by atoms with Crippen LogP contribution in [0, 0.1) is 0 Å². The first-order chi connectivity index (χ1) is 30.4. The van der Waals surface area contributed by atoms with Gasteiger partial charge in [0.05, 0.1) is 19.8 Å². The monoisotopic (exact) mass is 871 g/mol. The minimum atomic E-state index is -1.55. The average molecular weight is 871 g/mol. The van der Waals surface area contributed by atoms with Crippen molar-refractivity contribution in [2.45, 2.75) is 218 Å². The molecular formula is C53H90O9. The predicted molar refractivity (Wildman–Crippen MR) is 256 cm³/mol. The van der Waals surface area contributed by atoms with Gasteiger partial charge in [0.2, 0.25) is 0 Å². The average Bonchev–Trinajstić information content (AvgIpc) is 3.27. The third-order valence-electron chi connectivity index (χ3n) is 10.8. The van der Waals surface area contributed by atoms with Crippen molar-refractivity contribution in [2.24, 2.45) is 0 Å². The highest BCUT2D eigenvalue weighted by atomic mass is 16.7. The van der Waals surface area contributed by atoms with Crippen molar-refractivity contribution in [2.75, 3.05) is 26.4 Å². The quantitative estimate of drug-likeness (QED) is 0.0269. The van der Waals surface area contributed by atoms with Crippen molar-refractivity contribution < 1.29 is 44.2 Å². The standard InChI is InChI=1S/C53H90O9/c1-3-5-7-9-11-13-15-17-19-21-22-23-24-25-27-29-31-33-35-37-39-41-43-59-45-47(46-60-53-52(58)51(57)50(56)48(44-54)62-53)61-49(55)42-40-38-36-34-32-30-28-26-20-18-16-14-12-10-8-6-4-2/h5,7,11,13,17-20,22-23,25,27,31,33,47-48,50-54,56-58H,3-4,6,8-10,12,14-16,21,24,26,28-30,32,34-46H2,1-2H3/b7-5-,13-11-,19-17-,20-18-,23-22-,27-25-,33-31-. The summed E-state index contributed by atoms with van der Waals surface area (Å²) in [5.74, 6) is -0.333. The number of carbonyl (C=O) groups excluding carboxylic acids is 1. The molecule has 0 aromatic carbocycles. The van der Waals surface area contributed by atoms with E-state index in [0.717, 1.165) is 89.9 Å². The lowest BCUT2D eigenvalue weighted by Gasteiger charge is -2.39. The fraction of sp³-hybridized carbons (Fsp3) is 0.717. The zero-order valence-corrected chi connectivity index (χ0v) is 39.1. The van der Waals surface area contributed by atoms with Gasteiger partial charge in [-0.2, -0.15) is 0 Å². The first kappa shape index (κ1) is 57.4. The second kappa shape index (κ2) is 43.6. The molecule has 1 aliphatic heterocycles. The van der Waals surface area contributed by atoms with Gasteiger partial charge in [0, 0.05) is 13.0 Å². The maximum absolute atomic E-state index is 12.8. The lowest BCUT2D eigenvalue weighted by molar-refractivity contribution is -0.305. The third kappa shape index (κ3) is 33.9. The number of esters is 1. The molecule has 6 unspecified atom stereocenters. The molecule has 0 bridgehead atoms. The zero-order chi connectivity index (χ0) is 45.0. The van der Waals surface area contributed by atoms with Crippen molar-refractivity contribution in [3.8, 4) is 0 Å². The molecule has 9 heteroatoms. The maximum Gasteiger partial charge on any atom is 0.306 e. The maximum atomic E-state index is 12.8. The number of hydrogen-bond acceptors (Lipinski definition) is 9. The van der Waals surface area contributed by atoms with E-state index in [1.807, 2.05) is 0 Å². The fourth-order valence-corrected chi connectivity index (χ4v) is 6.96. The highest BCUT2D eigenvalue weighted by molar-refractivity contribution is 5.69. The molecule has 1 heterocycles. The molecule has 0 aliphatic carbocycles. The Morgan fingerprint density at radius 3 is 1.50 bits per heavy atom. The van der Waals surface area contributed by atoms with Gasteiger partial charge >= 0.3 is 5.97 Å². The minimum absolute atomic E-state index is 0.116. The van der Waals surface area contributed by atoms with Crippen LogP contribution in [0.2, 0.25) is 0 Å². The van der Waals surface area contributed by atoms with Gasteiger partial charge in [-0.15, -0.1) is 0 Å². The lowest BCUT2D eigenvalue weighted by Crippen LogP contribution is -2.59. The van der Waals surface area contributed by atoms with Gasteiger partial charge in [-0.25, -0.2) is 0 Å². The molecular weight excluding hydrogens is 781 g/mol. The molecule has 0 spiro atoms. The largest absolute Gasteiger partial charge is 0.457 e. The van der Waals surface area contributed by atoms with Crippen LogP contribution in [-0.4, -0.2) is 89.6 Å². The zero-order valence-electron chi connectivity index (χ0n) is 39.1. The van der Waals surface area contributed by atoms with E-state index in [9.17, 15) is 25.2 Å². The smallest absolute Gasteiger partial charge is 0.306 e. The summed E-state index contributed by atoms with van der Waals surface area (Å²) < 4.78 is 22.8. The topological polar surface area (TPSA) is 135 Å². The summed E-state index contributed by atoms with van der Waals surface area (Å²) in [5.41, 5.74) is 0. The Hall–Kier alpha value is -2.63. The molecule has 9 nitrogen and oxygen atoms in total. The molecule has 0 aromatic rings. The molecule has 62 heavy (non-hydrogen) atoms. The summed E-state index contributed by atoms with van der Waals surface area (Å²) in [6, 6.07) is 0. The van der Waals surface area contributed by atoms with Crippen LogP contribution in [0.15, 0.2) is 85.1 Å². The highest BCUT2D eigenvalue weighted by Crippen LogP contribution is 2.22. The van der Waals surface area contributed by atoms with Crippen LogP contribution in [0.1, 0.15) is 181 Å². The number of carbonyl (C=O) groups is 1. The van der Waals surface area contributed by atoms with E-state index in [0.29, 0.717) is 13.0 Å². The van der Waals surface area contributed by atoms with Crippen LogP contribution in [-0.2, 0) is 23.7 Å². The molecule has 1 rings (SSSR count). The van der Waals surface area contributed by atoms with Crippen molar-refractivity contribution in [1.29, 1.82) is 0 Å². The molecule has 4 N–H and O–H groups in total. The van der Waals surface area contributed by atoms with E-state index in [2.05, 4.69) is 98.9 Å². The normalized spacial score (nSPS) is 20.5. The predicted octanol–water partition coefficient (Wildman–Crippen LogP) is 11.8. The Balaban J connectivity index is 2.27. The van der Waals surface area contributed by atoms with Crippen LogP contribution in [0.25, 0.3) is 0 Å². The van der Waals surface area contributed by atoms with Gasteiger partial charge in [0.15, 0.2) is 6.29 Å². The molecule has 0 aromatic heterocycles. The van der Waals surface area contributed by atoms with Gasteiger partial charge in [-0.05, 0) is 89.9 Å². The second-order valence-electron chi connectivity index (χ2n) is 16.5. The number of rotatable bonds is 41. The Bertz CT molecular complexity index is 1220. The van der Waals surface area contributed by atoms with Gasteiger partial charge in [0.25, 0.3) is 0 Å². The highest BCUT2D eigenvalue weighted by Gasteiger charge is 2.44. The summed E-state index contributed by atoms with van der Waals surface area (Å²) in [5, 5.41) is 40.2. The van der Waals surface area contributed by atoms with Crippen molar-refractivity contribution >= 4 is 5.97 Å². The molecule has 1 fully saturated rings. The molecule has 356 valence electrons. The number of allylic oxidation sites excluding steroid dienone is 14. The number of ether oxygens (including phenoxy) is 4. The summed E-state index contributed by atoms with van der Waals surface area (Å²) >= 11 is 0. The second-order valence-corrected chi connectivity index (χ2v) is 16.5. The van der Waals surface area contributed by atoms with E-state index in [1.165, 1.54) is 70.6 Å². The summed E-state index contributed by atoms with van der Waals surface area (Å²) in [6.45, 7) is 4.35. The Morgan fingerprint density at radius 1 is 0.532 bits per heavy atom. The fourth-order valence-electron chi connectivity index (χ4n) is 6.96. The molecule has 1 aliphatic rings. The Morgan fingerprint density at radius 2 is 0.984 bits per heavy atom. The van der Waals surface area contributed by atoms with Crippen molar-refractivity contribution in [3.05, 3.63) is 85.1 Å². The Kier molecular flexibility index (Phi) is 40.4. The molecule has 0 radical (unpaired) electrons. The number of aliphatic hydroxyl groups is 4. The SMILES string of the molecule is CC/C=C\C/C=C\C/C=C\C/C=C\C/C=C\C/C=C\CCCCCOCC(COC1OC(CO)C(O)C(O)C1O)OC(=O)CCCCCCCCC/C=C\CCCCCCCC. The molecule has 6 atom stereocenters. The first-order valence-electron chi connectivity index (χ1n) is 24.7. The number of aliphatic hydroxyl groups excluding tert-OH is 4. The number of hydrogen-bond donors (Lipinski definition) is 4. The first-order valence-corrected chi connectivity index (χ1v) is 24.7. The lowest BCUT2D eigenvalue weighted by atomic mass is 9.99. The van der Waals surface area contributed by atoms with Crippen molar-refractivity contribution in [3.63, 3.8) is 0 Å². The van der Waals surface area contributed by atoms with Gasteiger partial charge in [0.1, 0.15) is 30.5 Å². The number of unbranched alkanes of at least 4 members (excludes halogenated alkanes) is 16. The summed E-state index contributed by atoms with van der Waals surface area (Å²) in [7, 11) is 0. The van der Waals surface area contributed by atoms with Crippen LogP contribution in [0.5, 0.6) is 0 Å². The minimum Gasteiger partial charge on any atom is -0.457 e. The third-order valence-corrected chi connectivity index (χ3v) is 10.8. The molecule has 1 saturated heterocycles. The molecule has 0 saturated carbocycles.